The van der Waals surface area contributed by atoms with Crippen LogP contribution in [0.4, 0.5) is 0 Å². The summed E-state index contributed by atoms with van der Waals surface area (Å²) < 4.78 is 4.50. The molecule has 0 aliphatic carbocycles. The summed E-state index contributed by atoms with van der Waals surface area (Å²) in [6, 6.07) is 96.5. The van der Waals surface area contributed by atoms with Crippen LogP contribution in [0.3, 0.4) is 0 Å². The molecule has 0 saturated carbocycles. The monoisotopic (exact) mass is 925 g/mol. The Kier molecular flexibility index (Phi) is 10.2. The van der Waals surface area contributed by atoms with Gasteiger partial charge in [-0.3, -0.25) is 9.13 Å². The van der Waals surface area contributed by atoms with E-state index in [1.165, 1.54) is 31.9 Å². The van der Waals surface area contributed by atoms with Gasteiger partial charge in [-0.05, 0) is 68.6 Å². The van der Waals surface area contributed by atoms with Crippen molar-refractivity contribution in [2.24, 2.45) is 0 Å². The van der Waals surface area contributed by atoms with Gasteiger partial charge in [-0.1, -0.05) is 243 Å². The van der Waals surface area contributed by atoms with Crippen molar-refractivity contribution < 1.29 is 0 Å². The average Bonchev–Trinajstić information content (AvgIpc) is 3.97. The van der Waals surface area contributed by atoms with Gasteiger partial charge < -0.3 is 0 Å². The van der Waals surface area contributed by atoms with E-state index in [0.717, 1.165) is 54.7 Å². The van der Waals surface area contributed by atoms with Gasteiger partial charge in [-0.15, -0.1) is 0 Å². The van der Waals surface area contributed by atoms with E-state index in [1.807, 2.05) is 0 Å². The summed E-state index contributed by atoms with van der Waals surface area (Å²) in [5.41, 5.74) is 7.90. The molecule has 0 spiro atoms. The molecule has 0 unspecified atom stereocenters. The maximum atomic E-state index is 5.68. The molecule has 0 atom stereocenters. The summed E-state index contributed by atoms with van der Waals surface area (Å²) in [5, 5.41) is 9.73. The molecule has 0 bridgehead atoms. The van der Waals surface area contributed by atoms with Crippen molar-refractivity contribution in [3.63, 3.8) is 0 Å². The summed E-state index contributed by atoms with van der Waals surface area (Å²) in [7, 11) is -2.93. The predicted molar refractivity (Wildman–Crippen MR) is 296 cm³/mol. The molecule has 13 aromatic rings. The lowest BCUT2D eigenvalue weighted by atomic mass is 9.69. The Morgan fingerprint density at radius 2 is 0.690 bits per heavy atom. The van der Waals surface area contributed by atoms with Crippen LogP contribution in [0, 0.1) is 0 Å². The van der Waals surface area contributed by atoms with Gasteiger partial charge in [0.1, 0.15) is 0 Å². The van der Waals surface area contributed by atoms with Crippen molar-refractivity contribution >= 4 is 72.4 Å². The first-order chi connectivity index (χ1) is 35.1. The molecule has 6 heteroatoms. The lowest BCUT2D eigenvalue weighted by Gasteiger charge is -2.34. The van der Waals surface area contributed by atoms with Crippen LogP contribution in [0.1, 0.15) is 23.6 Å². The molecule has 336 valence electrons. The third-order valence-corrected chi connectivity index (χ3v) is 19.5. The first-order valence-corrected chi connectivity index (χ1v) is 26.3. The molecule has 10 aromatic carbocycles. The number of benzene rings is 10. The van der Waals surface area contributed by atoms with Crippen molar-refractivity contribution in [2.45, 2.75) is 12.3 Å². The number of para-hydroxylation sites is 3. The maximum Gasteiger partial charge on any atom is 0.240 e. The number of hydrogen-bond acceptors (Lipinski definition) is 3. The topological polar surface area (TPSA) is 48.5 Å². The van der Waals surface area contributed by atoms with Crippen LogP contribution < -0.4 is 20.7 Å². The summed E-state index contributed by atoms with van der Waals surface area (Å²) in [6.07, 6.45) is 0. The van der Waals surface area contributed by atoms with Crippen molar-refractivity contribution in [3.8, 4) is 23.3 Å². The molecule has 0 aliphatic heterocycles. The lowest BCUT2D eigenvalue weighted by Crippen LogP contribution is -2.74. The normalized spacial score (nSPS) is 12.0. The molecular weight excluding hydrogens is 879 g/mol. The van der Waals surface area contributed by atoms with E-state index in [0.29, 0.717) is 17.7 Å². The van der Waals surface area contributed by atoms with E-state index in [9.17, 15) is 0 Å². The van der Waals surface area contributed by atoms with Crippen molar-refractivity contribution in [2.75, 3.05) is 0 Å². The van der Waals surface area contributed by atoms with Crippen LogP contribution in [0.15, 0.2) is 267 Å². The third kappa shape index (κ3) is 6.71. The van der Waals surface area contributed by atoms with Crippen LogP contribution in [-0.2, 0) is 5.41 Å². The Balaban J connectivity index is 1.14. The Bertz CT molecular complexity index is 3870. The van der Waals surface area contributed by atoms with Crippen LogP contribution in [-0.4, -0.2) is 32.2 Å². The molecule has 3 aromatic heterocycles. The summed E-state index contributed by atoms with van der Waals surface area (Å²) in [4.78, 5) is 16.9. The van der Waals surface area contributed by atoms with E-state index in [4.69, 9.17) is 15.0 Å². The zero-order valence-corrected chi connectivity index (χ0v) is 40.1. The fraction of sp³-hybridized carbons (Fsp3) is 0.0308. The maximum absolute atomic E-state index is 5.68. The van der Waals surface area contributed by atoms with Crippen LogP contribution in [0.25, 0.3) is 66.9 Å². The fourth-order valence-corrected chi connectivity index (χ4v) is 16.2. The second kappa shape index (κ2) is 17.2. The van der Waals surface area contributed by atoms with Gasteiger partial charge in [-0.2, -0.15) is 15.0 Å². The number of fused-ring (bicyclic) bond motifs is 6. The Morgan fingerprint density at radius 3 is 1.15 bits per heavy atom. The highest BCUT2D eigenvalue weighted by atomic mass is 28.3. The number of aromatic nitrogens is 5. The molecule has 0 saturated heterocycles. The minimum absolute atomic E-state index is 0.539. The lowest BCUT2D eigenvalue weighted by molar-refractivity contribution is 0.693. The standard InChI is InChI=1S/C65H47N5Si/c1-65(46-25-7-2-8-26-46,47-27-9-3-10-28-47)57-39-21-17-38-56(57)62-66-63(69-58-40-22-18-35-52(58)53-36-19-23-41-59(53)69)68-64(67-62)70-60-42-24-20-37-54(60)55-44-43-51(45-61(55)70)71(48-29-11-4-12-30-48,49-31-13-5-14-32-49)50-33-15-6-16-34-50/h2-45H,1H3. The smallest absolute Gasteiger partial charge is 0.240 e. The van der Waals surface area contributed by atoms with E-state index < -0.39 is 13.5 Å². The van der Waals surface area contributed by atoms with Crippen molar-refractivity contribution in [1.82, 2.24) is 24.1 Å². The summed E-state index contributed by atoms with van der Waals surface area (Å²) >= 11 is 0. The van der Waals surface area contributed by atoms with Crippen LogP contribution in [0.2, 0.25) is 0 Å². The fourth-order valence-electron chi connectivity index (χ4n) is 11.4. The minimum atomic E-state index is -2.93. The van der Waals surface area contributed by atoms with E-state index in [2.05, 4.69) is 283 Å². The zero-order valence-electron chi connectivity index (χ0n) is 39.1. The first-order valence-electron chi connectivity index (χ1n) is 24.3. The average molecular weight is 926 g/mol. The highest BCUT2D eigenvalue weighted by Gasteiger charge is 2.42. The molecule has 0 N–H and O–H groups in total. The first kappa shape index (κ1) is 42.2. The van der Waals surface area contributed by atoms with Gasteiger partial charge in [0.15, 0.2) is 13.9 Å². The van der Waals surface area contributed by atoms with Crippen LogP contribution >= 0.6 is 0 Å². The highest BCUT2D eigenvalue weighted by Crippen LogP contribution is 2.43. The Morgan fingerprint density at radius 1 is 0.324 bits per heavy atom. The molecule has 0 fully saturated rings. The quantitative estimate of drug-likeness (QED) is 0.101. The molecule has 5 nitrogen and oxygen atoms in total. The van der Waals surface area contributed by atoms with Gasteiger partial charge in [0, 0.05) is 32.5 Å². The predicted octanol–water partition coefficient (Wildman–Crippen LogP) is 12.5. The van der Waals surface area contributed by atoms with Gasteiger partial charge in [0.25, 0.3) is 0 Å². The van der Waals surface area contributed by atoms with Gasteiger partial charge in [0.05, 0.1) is 22.1 Å². The van der Waals surface area contributed by atoms with Gasteiger partial charge in [-0.25, -0.2) is 0 Å². The SMILES string of the molecule is CC(c1ccccc1)(c1ccccc1)c1ccccc1-c1nc(-n2c3ccccc3c3ccccc32)nc(-n2c3ccccc3c3ccc([Si](c4ccccc4)(c4ccccc4)c4ccccc4)cc32)n1. The molecular formula is C65H47N5Si. The molecule has 13 rings (SSSR count). The van der Waals surface area contributed by atoms with Gasteiger partial charge in [0.2, 0.25) is 11.9 Å². The van der Waals surface area contributed by atoms with Crippen molar-refractivity contribution in [1.29, 1.82) is 0 Å². The summed E-state index contributed by atoms with van der Waals surface area (Å²) in [6.45, 7) is 2.32. The second-order valence-corrected chi connectivity index (χ2v) is 22.3. The van der Waals surface area contributed by atoms with E-state index in [1.54, 1.807) is 0 Å². The highest BCUT2D eigenvalue weighted by molar-refractivity contribution is 7.20. The molecule has 0 amide bonds. The largest absolute Gasteiger partial charge is 0.278 e. The van der Waals surface area contributed by atoms with E-state index in [-0.39, 0.29) is 0 Å². The number of nitrogens with zero attached hydrogens (tertiary/aromatic N) is 5. The Hall–Kier alpha value is -8.97. The van der Waals surface area contributed by atoms with E-state index >= 15 is 0 Å². The van der Waals surface area contributed by atoms with Crippen molar-refractivity contribution in [3.05, 3.63) is 284 Å². The molecule has 71 heavy (non-hydrogen) atoms. The third-order valence-electron chi connectivity index (χ3n) is 14.7. The zero-order chi connectivity index (χ0) is 47.4. The van der Waals surface area contributed by atoms with Crippen LogP contribution in [0.5, 0.6) is 0 Å². The number of rotatable bonds is 10. The molecule has 0 radical (unpaired) electrons. The second-order valence-electron chi connectivity index (χ2n) is 18.5. The summed E-state index contributed by atoms with van der Waals surface area (Å²) in [5.74, 6) is 1.67. The molecule has 3 heterocycles. The molecule has 0 aliphatic rings. The Labute approximate surface area is 413 Å². The minimum Gasteiger partial charge on any atom is -0.278 e. The van der Waals surface area contributed by atoms with Gasteiger partial charge >= 0.3 is 0 Å². The number of hydrogen-bond donors (Lipinski definition) is 0.